The molecule has 2 rings (SSSR count). The van der Waals surface area contributed by atoms with E-state index in [9.17, 15) is 0 Å². The normalized spacial score (nSPS) is 11.2. The molecule has 0 spiro atoms. The van der Waals surface area contributed by atoms with Gasteiger partial charge in [0.1, 0.15) is 5.69 Å². The highest BCUT2D eigenvalue weighted by Gasteiger charge is 2.03. The Balaban J connectivity index is 2.70. The number of hydrogen-bond donors (Lipinski definition) is 1. The topological polar surface area (TPSA) is 64.2 Å². The van der Waals surface area contributed by atoms with Crippen LogP contribution in [-0.4, -0.2) is 16.2 Å². The van der Waals surface area contributed by atoms with Crippen molar-refractivity contribution >= 4 is 28.8 Å². The first-order chi connectivity index (χ1) is 6.81. The summed E-state index contributed by atoms with van der Waals surface area (Å²) in [6.45, 7) is 0. The molecule has 0 bridgehead atoms. The van der Waals surface area contributed by atoms with Crippen molar-refractivity contribution in [1.82, 2.24) is 9.97 Å². The first kappa shape index (κ1) is 8.90. The molecule has 14 heavy (non-hydrogen) atoms. The number of aromatic nitrogens is 2. The SMILES string of the molecule is N/N=C\c1nc2ccccc2nc1Cl. The minimum absolute atomic E-state index is 0.304. The maximum Gasteiger partial charge on any atom is 0.157 e. The second-order valence-electron chi connectivity index (χ2n) is 2.67. The fourth-order valence-corrected chi connectivity index (χ4v) is 1.33. The zero-order valence-electron chi connectivity index (χ0n) is 7.18. The van der Waals surface area contributed by atoms with E-state index in [1.54, 1.807) is 0 Å². The van der Waals surface area contributed by atoms with Gasteiger partial charge in [0, 0.05) is 0 Å². The fourth-order valence-electron chi connectivity index (χ4n) is 1.14. The molecule has 0 fully saturated rings. The van der Waals surface area contributed by atoms with Crippen LogP contribution in [0, 0.1) is 0 Å². The van der Waals surface area contributed by atoms with Gasteiger partial charge in [-0.3, -0.25) is 0 Å². The highest BCUT2D eigenvalue weighted by atomic mass is 35.5. The van der Waals surface area contributed by atoms with Crippen molar-refractivity contribution in [3.8, 4) is 0 Å². The molecule has 2 aromatic rings. The van der Waals surface area contributed by atoms with Crippen LogP contribution in [0.2, 0.25) is 5.15 Å². The third-order valence-electron chi connectivity index (χ3n) is 1.75. The van der Waals surface area contributed by atoms with Crippen LogP contribution >= 0.6 is 11.6 Å². The van der Waals surface area contributed by atoms with Crippen LogP contribution in [0.15, 0.2) is 29.4 Å². The van der Waals surface area contributed by atoms with E-state index in [0.29, 0.717) is 10.8 Å². The minimum Gasteiger partial charge on any atom is -0.323 e. The Morgan fingerprint density at radius 2 is 1.86 bits per heavy atom. The van der Waals surface area contributed by atoms with Gasteiger partial charge in [-0.15, -0.1) is 0 Å². The van der Waals surface area contributed by atoms with E-state index in [1.165, 1.54) is 6.21 Å². The van der Waals surface area contributed by atoms with Crippen molar-refractivity contribution in [1.29, 1.82) is 0 Å². The summed E-state index contributed by atoms with van der Waals surface area (Å²) < 4.78 is 0. The van der Waals surface area contributed by atoms with Gasteiger partial charge in [-0.25, -0.2) is 9.97 Å². The monoisotopic (exact) mass is 206 g/mol. The molecule has 0 radical (unpaired) electrons. The van der Waals surface area contributed by atoms with Gasteiger partial charge in [0.05, 0.1) is 17.2 Å². The summed E-state index contributed by atoms with van der Waals surface area (Å²) in [5.74, 6) is 5.02. The summed E-state index contributed by atoms with van der Waals surface area (Å²) in [6.07, 6.45) is 1.38. The number of rotatable bonds is 1. The lowest BCUT2D eigenvalue weighted by Gasteiger charge is -1.99. The smallest absolute Gasteiger partial charge is 0.157 e. The van der Waals surface area contributed by atoms with Crippen LogP contribution < -0.4 is 5.84 Å². The van der Waals surface area contributed by atoms with Crippen LogP contribution in [0.1, 0.15) is 5.69 Å². The molecule has 1 aromatic carbocycles. The van der Waals surface area contributed by atoms with E-state index in [-0.39, 0.29) is 0 Å². The number of hydrazone groups is 1. The predicted octanol–water partition coefficient (Wildman–Crippen LogP) is 1.58. The summed E-state index contributed by atoms with van der Waals surface area (Å²) in [5.41, 5.74) is 2.01. The zero-order valence-corrected chi connectivity index (χ0v) is 7.94. The van der Waals surface area contributed by atoms with Gasteiger partial charge >= 0.3 is 0 Å². The Kier molecular flexibility index (Phi) is 2.28. The molecule has 0 atom stereocenters. The number of para-hydroxylation sites is 2. The van der Waals surface area contributed by atoms with E-state index >= 15 is 0 Å². The Labute approximate surface area is 85.4 Å². The van der Waals surface area contributed by atoms with E-state index in [2.05, 4.69) is 15.1 Å². The summed E-state index contributed by atoms with van der Waals surface area (Å²) >= 11 is 5.86. The molecule has 2 N–H and O–H groups in total. The number of hydrogen-bond acceptors (Lipinski definition) is 4. The lowest BCUT2D eigenvalue weighted by atomic mass is 10.3. The second-order valence-corrected chi connectivity index (χ2v) is 3.02. The predicted molar refractivity (Wildman–Crippen MR) is 56.3 cm³/mol. The standard InChI is InChI=1S/C9H7ClN4/c10-9-8(5-12-11)13-6-3-1-2-4-7(6)14-9/h1-5H,11H2/b12-5-. The summed E-state index contributed by atoms with van der Waals surface area (Å²) in [5, 5.41) is 3.67. The maximum atomic E-state index is 5.86. The maximum absolute atomic E-state index is 5.86. The average molecular weight is 207 g/mol. The molecule has 0 aliphatic heterocycles. The van der Waals surface area contributed by atoms with E-state index < -0.39 is 0 Å². The highest BCUT2D eigenvalue weighted by molar-refractivity contribution is 6.31. The van der Waals surface area contributed by atoms with Crippen LogP contribution in [0.5, 0.6) is 0 Å². The van der Waals surface area contributed by atoms with Gasteiger partial charge < -0.3 is 5.84 Å². The van der Waals surface area contributed by atoms with E-state index in [1.807, 2.05) is 24.3 Å². The Hall–Kier alpha value is -1.68. The number of benzene rings is 1. The molecule has 1 aromatic heterocycles. The molecule has 1 heterocycles. The molecular weight excluding hydrogens is 200 g/mol. The van der Waals surface area contributed by atoms with Crippen molar-refractivity contribution in [2.45, 2.75) is 0 Å². The Morgan fingerprint density at radius 3 is 2.50 bits per heavy atom. The average Bonchev–Trinajstić information content (AvgIpc) is 2.19. The van der Waals surface area contributed by atoms with E-state index in [4.69, 9.17) is 17.4 Å². The molecule has 0 aliphatic rings. The van der Waals surface area contributed by atoms with Gasteiger partial charge in [-0.05, 0) is 12.1 Å². The number of nitrogens with two attached hydrogens (primary N) is 1. The molecule has 70 valence electrons. The summed E-state index contributed by atoms with van der Waals surface area (Å²) in [7, 11) is 0. The van der Waals surface area contributed by atoms with Gasteiger partial charge in [0.2, 0.25) is 0 Å². The highest BCUT2D eigenvalue weighted by Crippen LogP contribution is 2.15. The van der Waals surface area contributed by atoms with Crippen LogP contribution in [0.25, 0.3) is 11.0 Å². The number of nitrogens with zero attached hydrogens (tertiary/aromatic N) is 3. The molecule has 0 aliphatic carbocycles. The lowest BCUT2D eigenvalue weighted by molar-refractivity contribution is 1.23. The zero-order chi connectivity index (χ0) is 9.97. The summed E-state index contributed by atoms with van der Waals surface area (Å²) in [6, 6.07) is 7.46. The van der Waals surface area contributed by atoms with Gasteiger partial charge in [0.15, 0.2) is 5.15 Å². The number of halogens is 1. The second kappa shape index (κ2) is 3.59. The third-order valence-corrected chi connectivity index (χ3v) is 2.03. The third kappa shape index (κ3) is 1.52. The van der Waals surface area contributed by atoms with Crippen LogP contribution in [-0.2, 0) is 0 Å². The summed E-state index contributed by atoms with van der Waals surface area (Å²) in [4.78, 5) is 8.39. The Morgan fingerprint density at radius 1 is 1.21 bits per heavy atom. The molecule has 0 amide bonds. The fraction of sp³-hybridized carbons (Fsp3) is 0. The van der Waals surface area contributed by atoms with Gasteiger partial charge in [-0.2, -0.15) is 5.10 Å². The van der Waals surface area contributed by atoms with Crippen molar-refractivity contribution in [3.63, 3.8) is 0 Å². The molecule has 0 unspecified atom stereocenters. The first-order valence-electron chi connectivity index (χ1n) is 3.97. The lowest BCUT2D eigenvalue weighted by Crippen LogP contribution is -1.95. The Bertz CT molecular complexity index is 495. The molecule has 0 saturated carbocycles. The van der Waals surface area contributed by atoms with Crippen molar-refractivity contribution in [2.24, 2.45) is 10.9 Å². The largest absolute Gasteiger partial charge is 0.323 e. The van der Waals surface area contributed by atoms with E-state index in [0.717, 1.165) is 11.0 Å². The van der Waals surface area contributed by atoms with Crippen LogP contribution in [0.3, 0.4) is 0 Å². The van der Waals surface area contributed by atoms with Crippen molar-refractivity contribution in [2.75, 3.05) is 0 Å². The van der Waals surface area contributed by atoms with Crippen molar-refractivity contribution in [3.05, 3.63) is 35.1 Å². The minimum atomic E-state index is 0.304. The molecule has 4 nitrogen and oxygen atoms in total. The first-order valence-corrected chi connectivity index (χ1v) is 4.34. The molecule has 0 saturated heterocycles. The quantitative estimate of drug-likeness (QED) is 0.438. The molecular formula is C9H7ClN4. The molecule has 5 heteroatoms. The van der Waals surface area contributed by atoms with Gasteiger partial charge in [-0.1, -0.05) is 23.7 Å². The number of fused-ring (bicyclic) bond motifs is 1. The van der Waals surface area contributed by atoms with Crippen LogP contribution in [0.4, 0.5) is 0 Å². The van der Waals surface area contributed by atoms with Gasteiger partial charge in [0.25, 0.3) is 0 Å². The van der Waals surface area contributed by atoms with Crippen molar-refractivity contribution < 1.29 is 0 Å².